The Kier molecular flexibility index (Phi) is 22.8. The number of ketones is 2. The van der Waals surface area contributed by atoms with E-state index in [-0.39, 0.29) is 67.1 Å². The van der Waals surface area contributed by atoms with Crippen LogP contribution >= 0.6 is 0 Å². The Labute approximate surface area is 247 Å². The van der Waals surface area contributed by atoms with Gasteiger partial charge in [0.05, 0.1) is 0 Å². The molecule has 7 N–H and O–H groups in total. The quantitative estimate of drug-likeness (QED) is 0.0701. The predicted molar refractivity (Wildman–Crippen MR) is 163 cm³/mol. The highest BCUT2D eigenvalue weighted by Gasteiger charge is 2.23. The molecule has 0 radical (unpaired) electrons. The minimum atomic E-state index is -0.558. The Morgan fingerprint density at radius 1 is 0.463 bits per heavy atom. The first-order chi connectivity index (χ1) is 19.5. The largest absolute Gasteiger partial charge is 0.353 e. The summed E-state index contributed by atoms with van der Waals surface area (Å²) in [6.07, 6.45) is 5.24. The Morgan fingerprint density at radius 2 is 0.780 bits per heavy atom. The molecule has 3 unspecified atom stereocenters. The fourth-order valence-electron chi connectivity index (χ4n) is 4.77. The molecular weight excluding hydrogens is 526 g/mol. The number of carbonyl (C=O) groups is 5. The van der Waals surface area contributed by atoms with E-state index in [0.29, 0.717) is 19.3 Å². The number of amides is 3. The fourth-order valence-corrected chi connectivity index (χ4v) is 4.77. The average Bonchev–Trinajstić information content (AvgIpc) is 2.87. The van der Waals surface area contributed by atoms with Crippen molar-refractivity contribution in [3.63, 3.8) is 0 Å². The first-order valence-corrected chi connectivity index (χ1v) is 15.0. The number of hydrogen-bond donors (Lipinski definition) is 7. The van der Waals surface area contributed by atoms with Crippen LogP contribution < -0.4 is 37.2 Å². The fraction of sp³-hybridized carbons (Fsp3) is 0.828. The summed E-state index contributed by atoms with van der Waals surface area (Å²) in [7, 11) is 7.45. The Hall–Kier alpha value is -2.41. The molecule has 238 valence electrons. The van der Waals surface area contributed by atoms with Gasteiger partial charge in [0.1, 0.15) is 11.6 Å². The summed E-state index contributed by atoms with van der Waals surface area (Å²) in [6, 6.07) is -1.24. The van der Waals surface area contributed by atoms with Crippen LogP contribution in [0, 0.1) is 0 Å². The lowest BCUT2D eigenvalue weighted by Gasteiger charge is -2.24. The monoisotopic (exact) mass is 583 g/mol. The van der Waals surface area contributed by atoms with Crippen molar-refractivity contribution in [3.05, 3.63) is 0 Å². The smallest absolute Gasteiger partial charge is 0.222 e. The molecule has 0 aliphatic carbocycles. The average molecular weight is 584 g/mol. The normalized spacial score (nSPS) is 13.3. The van der Waals surface area contributed by atoms with Crippen molar-refractivity contribution in [3.8, 4) is 0 Å². The summed E-state index contributed by atoms with van der Waals surface area (Å²) in [5.74, 6) is -0.864. The van der Waals surface area contributed by atoms with E-state index in [4.69, 9.17) is 0 Å². The van der Waals surface area contributed by atoms with Gasteiger partial charge in [0, 0.05) is 56.3 Å². The number of Topliss-reactive ketones (excluding diaryl/α,β-unsaturated/α-hetero) is 2. The van der Waals surface area contributed by atoms with E-state index in [9.17, 15) is 24.0 Å². The summed E-state index contributed by atoms with van der Waals surface area (Å²) in [5.41, 5.74) is 0. The molecule has 0 aromatic rings. The molecule has 0 bridgehead atoms. The maximum Gasteiger partial charge on any atom is 0.222 e. The van der Waals surface area contributed by atoms with Crippen molar-refractivity contribution < 1.29 is 24.0 Å². The van der Waals surface area contributed by atoms with Crippen LogP contribution in [0.2, 0.25) is 0 Å². The maximum absolute atomic E-state index is 13.1. The van der Waals surface area contributed by atoms with Crippen molar-refractivity contribution in [1.82, 2.24) is 37.2 Å². The molecule has 0 rings (SSSR count). The molecule has 0 spiro atoms. The topological polar surface area (TPSA) is 170 Å². The zero-order chi connectivity index (χ0) is 31.0. The minimum Gasteiger partial charge on any atom is -0.353 e. The van der Waals surface area contributed by atoms with Gasteiger partial charge in [0.25, 0.3) is 0 Å². The van der Waals surface area contributed by atoms with Crippen LogP contribution in [0.5, 0.6) is 0 Å². The van der Waals surface area contributed by atoms with Gasteiger partial charge in [-0.15, -0.1) is 0 Å². The second kappa shape index (κ2) is 24.2. The third-order valence-electron chi connectivity index (χ3n) is 6.80. The van der Waals surface area contributed by atoms with E-state index >= 15 is 0 Å². The summed E-state index contributed by atoms with van der Waals surface area (Å²) in [4.78, 5) is 62.0. The van der Waals surface area contributed by atoms with Gasteiger partial charge in [-0.2, -0.15) is 0 Å². The van der Waals surface area contributed by atoms with E-state index in [1.54, 1.807) is 0 Å². The van der Waals surface area contributed by atoms with Crippen LogP contribution in [0.4, 0.5) is 0 Å². The van der Waals surface area contributed by atoms with Crippen molar-refractivity contribution in [2.45, 2.75) is 109 Å². The molecule has 0 heterocycles. The molecule has 12 heteroatoms. The van der Waals surface area contributed by atoms with Gasteiger partial charge in [-0.05, 0) is 100 Å². The van der Waals surface area contributed by atoms with E-state index in [0.717, 1.165) is 45.3 Å². The predicted octanol–water partition coefficient (Wildman–Crippen LogP) is 0.156. The zero-order valence-corrected chi connectivity index (χ0v) is 26.3. The molecule has 3 amide bonds. The minimum absolute atomic E-state index is 0.0367. The van der Waals surface area contributed by atoms with Crippen molar-refractivity contribution in [2.24, 2.45) is 0 Å². The molecule has 12 nitrogen and oxygen atoms in total. The van der Waals surface area contributed by atoms with Crippen LogP contribution in [0.3, 0.4) is 0 Å². The summed E-state index contributed by atoms with van der Waals surface area (Å²) >= 11 is 0. The summed E-state index contributed by atoms with van der Waals surface area (Å²) in [6.45, 7) is 5.23. The van der Waals surface area contributed by atoms with Crippen LogP contribution in [0.15, 0.2) is 0 Å². The van der Waals surface area contributed by atoms with E-state index in [1.807, 2.05) is 28.2 Å². The molecule has 0 aliphatic heterocycles. The standard InChI is InChI=1S/C29H57N7O5/c1-21(37)16-26(17-22(2)38)36-29(41)20-25(12-9-15-32-5)35-28(40)19-24(11-8-14-31-4)34-27(39)18-23(33-6)10-7-13-30-3/h23-26,30-33H,7-20H2,1-6H3,(H,34,39)(H,35,40)(H,36,41). The van der Waals surface area contributed by atoms with Crippen LogP contribution in [0.25, 0.3) is 0 Å². The van der Waals surface area contributed by atoms with Crippen LogP contribution in [-0.4, -0.2) is 101 Å². The van der Waals surface area contributed by atoms with Gasteiger partial charge < -0.3 is 37.2 Å². The number of nitrogens with one attached hydrogen (secondary N) is 7. The summed E-state index contributed by atoms with van der Waals surface area (Å²) in [5, 5.41) is 21.3. The van der Waals surface area contributed by atoms with Gasteiger partial charge >= 0.3 is 0 Å². The molecule has 0 fully saturated rings. The van der Waals surface area contributed by atoms with E-state index in [2.05, 4.69) is 37.2 Å². The molecular formula is C29H57N7O5. The zero-order valence-electron chi connectivity index (χ0n) is 26.3. The second-order valence-corrected chi connectivity index (χ2v) is 10.9. The molecule has 0 aliphatic rings. The third-order valence-corrected chi connectivity index (χ3v) is 6.80. The Morgan fingerprint density at radius 3 is 1.10 bits per heavy atom. The van der Waals surface area contributed by atoms with Gasteiger partial charge in [0.2, 0.25) is 17.7 Å². The highest BCUT2D eigenvalue weighted by Crippen LogP contribution is 2.09. The summed E-state index contributed by atoms with van der Waals surface area (Å²) < 4.78 is 0. The van der Waals surface area contributed by atoms with Crippen molar-refractivity contribution in [1.29, 1.82) is 0 Å². The highest BCUT2D eigenvalue weighted by molar-refractivity contribution is 5.84. The number of carbonyl (C=O) groups excluding carboxylic acids is 5. The third kappa shape index (κ3) is 21.9. The number of hydrogen-bond acceptors (Lipinski definition) is 9. The highest BCUT2D eigenvalue weighted by atomic mass is 16.2. The first kappa shape index (κ1) is 38.6. The molecule has 0 aromatic carbocycles. The lowest BCUT2D eigenvalue weighted by Crippen LogP contribution is -2.46. The molecule has 0 aromatic heterocycles. The van der Waals surface area contributed by atoms with Crippen LogP contribution in [0.1, 0.15) is 84.5 Å². The Balaban J connectivity index is 5.27. The van der Waals surface area contributed by atoms with Crippen molar-refractivity contribution in [2.75, 3.05) is 47.8 Å². The molecule has 3 atom stereocenters. The first-order valence-electron chi connectivity index (χ1n) is 15.0. The SMILES string of the molecule is CNCCCC(CC(=O)NC(CCCNC)CC(=O)NC(CCCNC)CC(=O)NC(CC(C)=O)CC(C)=O)NC. The van der Waals surface area contributed by atoms with E-state index in [1.165, 1.54) is 13.8 Å². The second-order valence-electron chi connectivity index (χ2n) is 10.9. The molecule has 41 heavy (non-hydrogen) atoms. The van der Waals surface area contributed by atoms with Crippen molar-refractivity contribution >= 4 is 29.3 Å². The number of rotatable bonds is 26. The maximum atomic E-state index is 13.1. The van der Waals surface area contributed by atoms with Gasteiger partial charge in [-0.1, -0.05) is 0 Å². The van der Waals surface area contributed by atoms with Gasteiger partial charge in [-0.3, -0.25) is 24.0 Å². The Bertz CT molecular complexity index is 765. The van der Waals surface area contributed by atoms with E-state index < -0.39 is 12.1 Å². The lowest BCUT2D eigenvalue weighted by atomic mass is 10.0. The van der Waals surface area contributed by atoms with Gasteiger partial charge in [0.15, 0.2) is 0 Å². The van der Waals surface area contributed by atoms with Crippen LogP contribution in [-0.2, 0) is 24.0 Å². The van der Waals surface area contributed by atoms with Gasteiger partial charge in [-0.25, -0.2) is 0 Å². The molecule has 0 saturated heterocycles. The lowest BCUT2D eigenvalue weighted by molar-refractivity contribution is -0.124. The molecule has 0 saturated carbocycles.